The third-order valence-electron chi connectivity index (χ3n) is 2.77. The minimum absolute atomic E-state index is 0.190. The Hall–Kier alpha value is -0.720. The Morgan fingerprint density at radius 1 is 1.67 bits per heavy atom. The molecule has 0 amide bonds. The molecule has 4 N–H and O–H groups in total. The predicted molar refractivity (Wildman–Crippen MR) is 62.0 cm³/mol. The van der Waals surface area contributed by atoms with Crippen LogP contribution < -0.4 is 11.1 Å². The van der Waals surface area contributed by atoms with Crippen LogP contribution in [0, 0.1) is 5.41 Å². The molecule has 2 heterocycles. The van der Waals surface area contributed by atoms with Crippen LogP contribution >= 0.6 is 12.2 Å². The fourth-order valence-electron chi connectivity index (χ4n) is 1.87. The first-order chi connectivity index (χ1) is 7.18. The monoisotopic (exact) mass is 228 g/mol. The molecule has 2 fully saturated rings. The summed E-state index contributed by atoms with van der Waals surface area (Å²) in [6.45, 7) is 2.02. The standard InChI is InChI=1S/C9H16N4OS/c10-7-4-12-9(15)13(8(7)11)5-6-2-1-3-14-6/h6-7,11H,1-5,10H2,(H,12,15)/t6-,7?/m1/s1. The highest BCUT2D eigenvalue weighted by atomic mass is 32.1. The van der Waals surface area contributed by atoms with Gasteiger partial charge in [-0.25, -0.2) is 0 Å². The molecule has 2 rings (SSSR count). The number of nitrogens with one attached hydrogen (secondary N) is 2. The predicted octanol–water partition coefficient (Wildman–Crippen LogP) is -0.340. The maximum atomic E-state index is 7.86. The average molecular weight is 228 g/mol. The molecular formula is C9H16N4OS. The van der Waals surface area contributed by atoms with E-state index in [0.29, 0.717) is 24.0 Å². The average Bonchev–Trinajstić information content (AvgIpc) is 2.71. The third-order valence-corrected chi connectivity index (χ3v) is 3.14. The Morgan fingerprint density at radius 3 is 3.13 bits per heavy atom. The van der Waals surface area contributed by atoms with Gasteiger partial charge in [-0.15, -0.1) is 0 Å². The van der Waals surface area contributed by atoms with Crippen LogP contribution in [0.3, 0.4) is 0 Å². The lowest BCUT2D eigenvalue weighted by molar-refractivity contribution is 0.100. The normalized spacial score (nSPS) is 31.9. The number of nitrogens with two attached hydrogens (primary N) is 1. The summed E-state index contributed by atoms with van der Waals surface area (Å²) in [7, 11) is 0. The van der Waals surface area contributed by atoms with Crippen LogP contribution in [0.15, 0.2) is 0 Å². The van der Waals surface area contributed by atoms with Gasteiger partial charge in [-0.2, -0.15) is 0 Å². The molecule has 0 spiro atoms. The van der Waals surface area contributed by atoms with Crippen molar-refractivity contribution in [1.29, 1.82) is 5.41 Å². The van der Waals surface area contributed by atoms with E-state index < -0.39 is 0 Å². The van der Waals surface area contributed by atoms with Crippen LogP contribution in [-0.4, -0.2) is 47.7 Å². The Balaban J connectivity index is 1.98. The minimum Gasteiger partial charge on any atom is -0.376 e. The van der Waals surface area contributed by atoms with E-state index in [1.807, 2.05) is 0 Å². The van der Waals surface area contributed by atoms with Crippen molar-refractivity contribution in [2.24, 2.45) is 5.73 Å². The van der Waals surface area contributed by atoms with E-state index in [2.05, 4.69) is 5.32 Å². The molecule has 2 aliphatic rings. The van der Waals surface area contributed by atoms with Crippen LogP contribution in [0.4, 0.5) is 0 Å². The summed E-state index contributed by atoms with van der Waals surface area (Å²) in [4.78, 5) is 1.75. The summed E-state index contributed by atoms with van der Waals surface area (Å²) < 4.78 is 5.52. The Labute approximate surface area is 94.5 Å². The zero-order chi connectivity index (χ0) is 10.8. The van der Waals surface area contributed by atoms with Crippen molar-refractivity contribution in [2.75, 3.05) is 19.7 Å². The van der Waals surface area contributed by atoms with Crippen molar-refractivity contribution in [3.05, 3.63) is 0 Å². The molecule has 2 saturated heterocycles. The van der Waals surface area contributed by atoms with Crippen molar-refractivity contribution in [3.8, 4) is 0 Å². The number of thiocarbonyl (C=S) groups is 1. The lowest BCUT2D eigenvalue weighted by Gasteiger charge is -2.35. The summed E-state index contributed by atoms with van der Waals surface area (Å²) >= 11 is 5.15. The molecule has 15 heavy (non-hydrogen) atoms. The summed E-state index contributed by atoms with van der Waals surface area (Å²) in [5, 5.41) is 11.5. The molecule has 5 nitrogen and oxygen atoms in total. The number of amidine groups is 1. The maximum absolute atomic E-state index is 7.86. The molecule has 0 aromatic rings. The van der Waals surface area contributed by atoms with Crippen molar-refractivity contribution in [3.63, 3.8) is 0 Å². The molecule has 2 aliphatic heterocycles. The molecule has 6 heteroatoms. The topological polar surface area (TPSA) is 74.4 Å². The van der Waals surface area contributed by atoms with E-state index >= 15 is 0 Å². The second-order valence-electron chi connectivity index (χ2n) is 3.92. The zero-order valence-electron chi connectivity index (χ0n) is 8.53. The Kier molecular flexibility index (Phi) is 3.18. The second kappa shape index (κ2) is 4.42. The molecule has 0 saturated carbocycles. The molecule has 84 valence electrons. The largest absolute Gasteiger partial charge is 0.376 e. The molecular weight excluding hydrogens is 212 g/mol. The van der Waals surface area contributed by atoms with Crippen LogP contribution in [-0.2, 0) is 4.74 Å². The quantitative estimate of drug-likeness (QED) is 0.564. The fraction of sp³-hybridized carbons (Fsp3) is 0.778. The number of nitrogens with zero attached hydrogens (tertiary/aromatic N) is 1. The van der Waals surface area contributed by atoms with Crippen molar-refractivity contribution < 1.29 is 4.74 Å². The molecule has 0 aromatic heterocycles. The molecule has 1 unspecified atom stereocenters. The van der Waals surface area contributed by atoms with Gasteiger partial charge in [0.2, 0.25) is 0 Å². The molecule has 0 aromatic carbocycles. The van der Waals surface area contributed by atoms with Gasteiger partial charge in [-0.1, -0.05) is 0 Å². The number of rotatable bonds is 2. The molecule has 0 radical (unpaired) electrons. The van der Waals surface area contributed by atoms with Crippen molar-refractivity contribution in [1.82, 2.24) is 10.2 Å². The first-order valence-electron chi connectivity index (χ1n) is 5.19. The first-order valence-corrected chi connectivity index (χ1v) is 5.60. The smallest absolute Gasteiger partial charge is 0.174 e. The number of ether oxygens (including phenoxy) is 1. The Morgan fingerprint density at radius 2 is 2.47 bits per heavy atom. The fourth-order valence-corrected chi connectivity index (χ4v) is 2.13. The lowest BCUT2D eigenvalue weighted by atomic mass is 10.2. The maximum Gasteiger partial charge on any atom is 0.174 e. The van der Waals surface area contributed by atoms with Gasteiger partial charge >= 0.3 is 0 Å². The van der Waals surface area contributed by atoms with Crippen LogP contribution in [0.5, 0.6) is 0 Å². The molecule has 2 atom stereocenters. The van der Waals surface area contributed by atoms with Gasteiger partial charge < -0.3 is 20.7 Å². The third kappa shape index (κ3) is 2.27. The van der Waals surface area contributed by atoms with E-state index in [1.165, 1.54) is 0 Å². The highest BCUT2D eigenvalue weighted by Crippen LogP contribution is 2.15. The van der Waals surface area contributed by atoms with Gasteiger partial charge in [-0.3, -0.25) is 5.41 Å². The molecule has 0 bridgehead atoms. The lowest BCUT2D eigenvalue weighted by Crippen LogP contribution is -2.61. The van der Waals surface area contributed by atoms with E-state index in [0.717, 1.165) is 19.4 Å². The van der Waals surface area contributed by atoms with Crippen LogP contribution in [0.25, 0.3) is 0 Å². The summed E-state index contributed by atoms with van der Waals surface area (Å²) in [6.07, 6.45) is 2.33. The van der Waals surface area contributed by atoms with Gasteiger partial charge in [0.1, 0.15) is 5.84 Å². The summed E-state index contributed by atoms with van der Waals surface area (Å²) in [5.74, 6) is 0.397. The van der Waals surface area contributed by atoms with E-state index in [4.69, 9.17) is 28.1 Å². The van der Waals surface area contributed by atoms with Gasteiger partial charge in [0.15, 0.2) is 5.11 Å². The Bertz CT molecular complexity index is 277. The van der Waals surface area contributed by atoms with Gasteiger partial charge in [0.25, 0.3) is 0 Å². The highest BCUT2D eigenvalue weighted by molar-refractivity contribution is 7.80. The highest BCUT2D eigenvalue weighted by Gasteiger charge is 2.29. The van der Waals surface area contributed by atoms with E-state index in [1.54, 1.807) is 4.90 Å². The van der Waals surface area contributed by atoms with Crippen molar-refractivity contribution >= 4 is 23.2 Å². The number of hydrogen-bond donors (Lipinski definition) is 3. The van der Waals surface area contributed by atoms with E-state index in [-0.39, 0.29) is 12.1 Å². The van der Waals surface area contributed by atoms with E-state index in [9.17, 15) is 0 Å². The molecule has 0 aliphatic carbocycles. The SMILES string of the molecule is N=C1C(N)CNC(=S)N1C[C@H]1CCCO1. The van der Waals surface area contributed by atoms with Gasteiger partial charge in [-0.05, 0) is 25.1 Å². The first kappa shape index (κ1) is 10.8. The second-order valence-corrected chi connectivity index (χ2v) is 4.31. The van der Waals surface area contributed by atoms with Crippen LogP contribution in [0.1, 0.15) is 12.8 Å². The van der Waals surface area contributed by atoms with Gasteiger partial charge in [0.05, 0.1) is 18.7 Å². The minimum atomic E-state index is -0.266. The zero-order valence-corrected chi connectivity index (χ0v) is 9.35. The van der Waals surface area contributed by atoms with Crippen LogP contribution in [0.2, 0.25) is 0 Å². The summed E-state index contributed by atoms with van der Waals surface area (Å²) in [6, 6.07) is -0.266. The number of hydrogen-bond acceptors (Lipinski definition) is 4. The summed E-state index contributed by atoms with van der Waals surface area (Å²) in [5.41, 5.74) is 5.78. The van der Waals surface area contributed by atoms with Crippen molar-refractivity contribution in [2.45, 2.75) is 25.0 Å². The van der Waals surface area contributed by atoms with Gasteiger partial charge in [0, 0.05) is 13.2 Å².